The Morgan fingerprint density at radius 1 is 1.32 bits per heavy atom. The molecule has 1 aromatic heterocycles. The van der Waals surface area contributed by atoms with Crippen molar-refractivity contribution in [3.63, 3.8) is 0 Å². The Morgan fingerprint density at radius 3 is 2.68 bits per heavy atom. The molecule has 94 valence electrons. The van der Waals surface area contributed by atoms with Gasteiger partial charge in [-0.3, -0.25) is 9.59 Å². The molecule has 2 rings (SSSR count). The molecule has 1 aromatic carbocycles. The zero-order valence-electron chi connectivity index (χ0n) is 9.61. The Kier molecular flexibility index (Phi) is 3.64. The van der Waals surface area contributed by atoms with Crippen LogP contribution in [0.3, 0.4) is 0 Å². The highest BCUT2D eigenvalue weighted by molar-refractivity contribution is 6.32. The standard InChI is InChI=1S/C13H8ClN3O2/c14-11-5-10(3-1-8(11)6-15)17-13(19)9-2-4-12(18)16-7-9/h1-5,7H,(H,16,18)(H,17,19). The average Bonchev–Trinajstić information content (AvgIpc) is 2.39. The number of aromatic amines is 1. The Hall–Kier alpha value is -2.58. The predicted molar refractivity (Wildman–Crippen MR) is 71.2 cm³/mol. The molecule has 0 atom stereocenters. The predicted octanol–water partition coefficient (Wildman–Crippen LogP) is 2.15. The van der Waals surface area contributed by atoms with Crippen LogP contribution in [0.25, 0.3) is 0 Å². The second kappa shape index (κ2) is 5.38. The molecule has 5 nitrogen and oxygen atoms in total. The quantitative estimate of drug-likeness (QED) is 0.879. The second-order valence-corrected chi connectivity index (χ2v) is 4.11. The van der Waals surface area contributed by atoms with Gasteiger partial charge in [-0.25, -0.2) is 0 Å². The minimum absolute atomic E-state index is 0.266. The Morgan fingerprint density at radius 2 is 2.11 bits per heavy atom. The summed E-state index contributed by atoms with van der Waals surface area (Å²) in [5.41, 5.74) is 0.849. The van der Waals surface area contributed by atoms with E-state index in [1.54, 1.807) is 6.07 Å². The van der Waals surface area contributed by atoms with Crippen LogP contribution in [0.15, 0.2) is 41.3 Å². The topological polar surface area (TPSA) is 85.8 Å². The number of nitrogens with one attached hydrogen (secondary N) is 2. The summed E-state index contributed by atoms with van der Waals surface area (Å²) in [6.07, 6.45) is 1.32. The van der Waals surface area contributed by atoms with Crippen molar-refractivity contribution in [2.45, 2.75) is 0 Å². The molecule has 0 aliphatic carbocycles. The van der Waals surface area contributed by atoms with Crippen LogP contribution in [-0.2, 0) is 0 Å². The lowest BCUT2D eigenvalue weighted by molar-refractivity contribution is 0.102. The maximum absolute atomic E-state index is 11.8. The molecule has 6 heteroatoms. The molecule has 0 unspecified atom stereocenters. The van der Waals surface area contributed by atoms with E-state index in [-0.39, 0.29) is 16.5 Å². The number of pyridine rings is 1. The molecular weight excluding hydrogens is 266 g/mol. The van der Waals surface area contributed by atoms with Gasteiger partial charge in [-0.1, -0.05) is 11.6 Å². The van der Waals surface area contributed by atoms with Crippen LogP contribution in [0.2, 0.25) is 5.02 Å². The minimum Gasteiger partial charge on any atom is -0.328 e. The number of nitrogens with zero attached hydrogens (tertiary/aromatic N) is 1. The summed E-state index contributed by atoms with van der Waals surface area (Å²) in [4.78, 5) is 25.1. The molecule has 0 bridgehead atoms. The van der Waals surface area contributed by atoms with E-state index < -0.39 is 0 Å². The van der Waals surface area contributed by atoms with Gasteiger partial charge in [0, 0.05) is 18.0 Å². The van der Waals surface area contributed by atoms with Crippen molar-refractivity contribution in [1.82, 2.24) is 4.98 Å². The molecule has 0 radical (unpaired) electrons. The Labute approximate surface area is 113 Å². The Bertz CT molecular complexity index is 711. The number of benzene rings is 1. The van der Waals surface area contributed by atoms with Gasteiger partial charge in [0.05, 0.1) is 16.1 Å². The third kappa shape index (κ3) is 3.00. The van der Waals surface area contributed by atoms with Gasteiger partial charge in [0.25, 0.3) is 5.91 Å². The number of amides is 1. The van der Waals surface area contributed by atoms with Gasteiger partial charge in [0.15, 0.2) is 0 Å². The first-order chi connectivity index (χ1) is 9.10. The molecule has 19 heavy (non-hydrogen) atoms. The van der Waals surface area contributed by atoms with Gasteiger partial charge in [0.1, 0.15) is 6.07 Å². The molecule has 0 aliphatic heterocycles. The molecule has 0 fully saturated rings. The molecule has 0 aliphatic rings. The first kappa shape index (κ1) is 12.9. The van der Waals surface area contributed by atoms with E-state index in [4.69, 9.17) is 16.9 Å². The normalized spacial score (nSPS) is 9.68. The number of rotatable bonds is 2. The van der Waals surface area contributed by atoms with E-state index >= 15 is 0 Å². The summed E-state index contributed by atoms with van der Waals surface area (Å²) in [7, 11) is 0. The van der Waals surface area contributed by atoms with Crippen molar-refractivity contribution in [2.24, 2.45) is 0 Å². The van der Waals surface area contributed by atoms with Crippen molar-refractivity contribution >= 4 is 23.2 Å². The van der Waals surface area contributed by atoms with Gasteiger partial charge in [-0.2, -0.15) is 5.26 Å². The zero-order chi connectivity index (χ0) is 13.8. The maximum Gasteiger partial charge on any atom is 0.257 e. The average molecular weight is 274 g/mol. The van der Waals surface area contributed by atoms with Crippen molar-refractivity contribution in [1.29, 1.82) is 5.26 Å². The first-order valence-corrected chi connectivity index (χ1v) is 5.67. The summed E-state index contributed by atoms with van der Waals surface area (Å²) in [5, 5.41) is 11.6. The van der Waals surface area contributed by atoms with E-state index in [0.717, 1.165) is 0 Å². The van der Waals surface area contributed by atoms with Gasteiger partial charge in [0.2, 0.25) is 5.56 Å². The van der Waals surface area contributed by atoms with Crippen LogP contribution in [0, 0.1) is 11.3 Å². The molecule has 0 saturated heterocycles. The summed E-state index contributed by atoms with van der Waals surface area (Å²) >= 11 is 5.86. The summed E-state index contributed by atoms with van der Waals surface area (Å²) in [5.74, 6) is -0.378. The van der Waals surface area contributed by atoms with Crippen molar-refractivity contribution in [2.75, 3.05) is 5.32 Å². The lowest BCUT2D eigenvalue weighted by Gasteiger charge is -2.05. The number of anilines is 1. The van der Waals surface area contributed by atoms with Crippen LogP contribution in [-0.4, -0.2) is 10.9 Å². The first-order valence-electron chi connectivity index (χ1n) is 5.30. The number of nitriles is 1. The number of carbonyl (C=O) groups excluding carboxylic acids is 1. The summed E-state index contributed by atoms with van der Waals surface area (Å²) in [6.45, 7) is 0. The van der Waals surface area contributed by atoms with Crippen LogP contribution in [0.4, 0.5) is 5.69 Å². The smallest absolute Gasteiger partial charge is 0.257 e. The van der Waals surface area contributed by atoms with Crippen molar-refractivity contribution in [3.8, 4) is 6.07 Å². The number of H-pyrrole nitrogens is 1. The molecule has 0 spiro atoms. The van der Waals surface area contributed by atoms with E-state index in [0.29, 0.717) is 16.8 Å². The third-order valence-electron chi connectivity index (χ3n) is 2.39. The second-order valence-electron chi connectivity index (χ2n) is 3.70. The highest BCUT2D eigenvalue weighted by Crippen LogP contribution is 2.20. The fourth-order valence-electron chi connectivity index (χ4n) is 1.44. The lowest BCUT2D eigenvalue weighted by Crippen LogP contribution is -2.14. The molecule has 1 heterocycles. The number of hydrogen-bond acceptors (Lipinski definition) is 3. The van der Waals surface area contributed by atoms with E-state index in [9.17, 15) is 9.59 Å². The van der Waals surface area contributed by atoms with Crippen molar-refractivity contribution in [3.05, 3.63) is 63.0 Å². The molecule has 0 saturated carbocycles. The minimum atomic E-state index is -0.378. The van der Waals surface area contributed by atoms with Gasteiger partial charge in [-0.05, 0) is 24.3 Å². The SMILES string of the molecule is N#Cc1ccc(NC(=O)c2ccc(=O)[nH]c2)cc1Cl. The highest BCUT2D eigenvalue weighted by atomic mass is 35.5. The molecule has 1 amide bonds. The van der Waals surface area contributed by atoms with E-state index in [2.05, 4.69) is 10.3 Å². The van der Waals surface area contributed by atoms with Gasteiger partial charge < -0.3 is 10.3 Å². The van der Waals surface area contributed by atoms with Crippen LogP contribution in [0.1, 0.15) is 15.9 Å². The largest absolute Gasteiger partial charge is 0.328 e. The third-order valence-corrected chi connectivity index (χ3v) is 2.71. The molecular formula is C13H8ClN3O2. The summed E-state index contributed by atoms with van der Waals surface area (Å²) in [6, 6.07) is 9.20. The van der Waals surface area contributed by atoms with Gasteiger partial charge >= 0.3 is 0 Å². The zero-order valence-corrected chi connectivity index (χ0v) is 10.4. The summed E-state index contributed by atoms with van der Waals surface area (Å²) < 4.78 is 0. The maximum atomic E-state index is 11.8. The number of carbonyl (C=O) groups is 1. The van der Waals surface area contributed by atoms with Crippen molar-refractivity contribution < 1.29 is 4.79 Å². The number of hydrogen-bond donors (Lipinski definition) is 2. The van der Waals surface area contributed by atoms with Crippen LogP contribution < -0.4 is 10.9 Å². The fraction of sp³-hybridized carbons (Fsp3) is 0. The van der Waals surface area contributed by atoms with E-state index in [1.807, 2.05) is 6.07 Å². The molecule has 2 aromatic rings. The monoisotopic (exact) mass is 273 g/mol. The fourth-order valence-corrected chi connectivity index (χ4v) is 1.66. The highest BCUT2D eigenvalue weighted by Gasteiger charge is 2.07. The van der Waals surface area contributed by atoms with E-state index in [1.165, 1.54) is 30.5 Å². The van der Waals surface area contributed by atoms with Crippen LogP contribution in [0.5, 0.6) is 0 Å². The Balaban J connectivity index is 2.20. The lowest BCUT2D eigenvalue weighted by atomic mass is 10.2. The number of aromatic nitrogens is 1. The molecule has 2 N–H and O–H groups in total. The van der Waals surface area contributed by atoms with Gasteiger partial charge in [-0.15, -0.1) is 0 Å². The number of halogens is 1. The van der Waals surface area contributed by atoms with Crippen LogP contribution >= 0.6 is 11.6 Å².